The van der Waals surface area contributed by atoms with Gasteiger partial charge in [-0.15, -0.1) is 11.8 Å². The largest absolute Gasteiger partial charge is 0.349 e. The SMILES string of the molecule is CC.CCCS/C(=C(\C(=O)NC1CCCCC1)C(C)C(C)CC)N(C)c1ccc(C)cc1. The van der Waals surface area contributed by atoms with Gasteiger partial charge in [0.1, 0.15) is 0 Å². The van der Waals surface area contributed by atoms with Gasteiger partial charge in [-0.05, 0) is 55.9 Å². The summed E-state index contributed by atoms with van der Waals surface area (Å²) in [6.45, 7) is 15.0. The van der Waals surface area contributed by atoms with Crippen molar-refractivity contribution in [2.45, 2.75) is 99.5 Å². The Labute approximate surface area is 202 Å². The molecule has 32 heavy (non-hydrogen) atoms. The number of amides is 1. The fourth-order valence-electron chi connectivity index (χ4n) is 4.09. The molecule has 0 saturated heterocycles. The molecule has 1 aromatic carbocycles. The van der Waals surface area contributed by atoms with E-state index in [1.165, 1.54) is 24.8 Å². The number of anilines is 1. The summed E-state index contributed by atoms with van der Waals surface area (Å²) < 4.78 is 0. The van der Waals surface area contributed by atoms with Gasteiger partial charge in [0.05, 0.1) is 10.6 Å². The van der Waals surface area contributed by atoms with E-state index in [9.17, 15) is 4.79 Å². The Kier molecular flexibility index (Phi) is 13.8. The number of aryl methyl sites for hydroxylation is 1. The maximum atomic E-state index is 13.7. The third-order valence-corrected chi connectivity index (χ3v) is 7.92. The van der Waals surface area contributed by atoms with Crippen molar-refractivity contribution in [2.24, 2.45) is 11.8 Å². The number of thioether (sulfide) groups is 1. The van der Waals surface area contributed by atoms with Gasteiger partial charge >= 0.3 is 0 Å². The molecule has 2 rings (SSSR count). The molecule has 1 N–H and O–H groups in total. The van der Waals surface area contributed by atoms with E-state index in [0.717, 1.165) is 47.7 Å². The Bertz CT molecular complexity index is 692. The highest BCUT2D eigenvalue weighted by Crippen LogP contribution is 2.35. The minimum absolute atomic E-state index is 0.146. The molecule has 1 aromatic rings. The van der Waals surface area contributed by atoms with Crippen LogP contribution >= 0.6 is 11.8 Å². The average Bonchev–Trinajstić information content (AvgIpc) is 2.82. The van der Waals surface area contributed by atoms with Crippen molar-refractivity contribution in [1.82, 2.24) is 5.32 Å². The molecular weight excluding hydrogens is 412 g/mol. The lowest BCUT2D eigenvalue weighted by atomic mass is 9.86. The molecule has 1 aliphatic carbocycles. The zero-order valence-corrected chi connectivity index (χ0v) is 22.8. The molecule has 0 bridgehead atoms. The van der Waals surface area contributed by atoms with Gasteiger partial charge in [0, 0.05) is 18.8 Å². The van der Waals surface area contributed by atoms with Crippen molar-refractivity contribution in [2.75, 3.05) is 17.7 Å². The lowest BCUT2D eigenvalue weighted by Crippen LogP contribution is -2.40. The van der Waals surface area contributed by atoms with Crippen LogP contribution in [0, 0.1) is 18.8 Å². The Morgan fingerprint density at radius 2 is 1.69 bits per heavy atom. The van der Waals surface area contributed by atoms with E-state index >= 15 is 0 Å². The molecule has 4 heteroatoms. The first-order chi connectivity index (χ1) is 15.4. The van der Waals surface area contributed by atoms with Crippen molar-refractivity contribution in [3.8, 4) is 0 Å². The van der Waals surface area contributed by atoms with Crippen LogP contribution in [0.5, 0.6) is 0 Å². The van der Waals surface area contributed by atoms with Crippen LogP contribution in [0.3, 0.4) is 0 Å². The number of nitrogens with zero attached hydrogens (tertiary/aromatic N) is 1. The van der Waals surface area contributed by atoms with Crippen LogP contribution in [0.1, 0.15) is 92.1 Å². The van der Waals surface area contributed by atoms with E-state index in [2.05, 4.69) is 76.1 Å². The average molecular weight is 461 g/mol. The maximum absolute atomic E-state index is 13.7. The van der Waals surface area contributed by atoms with E-state index in [0.29, 0.717) is 12.0 Å². The highest BCUT2D eigenvalue weighted by Gasteiger charge is 2.29. The lowest BCUT2D eigenvalue weighted by Gasteiger charge is -2.31. The zero-order chi connectivity index (χ0) is 24.1. The number of carbonyl (C=O) groups excluding carboxylic acids is 1. The van der Waals surface area contributed by atoms with Gasteiger partial charge in [0.25, 0.3) is 0 Å². The molecule has 182 valence electrons. The van der Waals surface area contributed by atoms with E-state index < -0.39 is 0 Å². The quantitative estimate of drug-likeness (QED) is 0.360. The molecule has 0 heterocycles. The van der Waals surface area contributed by atoms with Crippen LogP contribution in [0.25, 0.3) is 0 Å². The first-order valence-corrected chi connectivity index (χ1v) is 13.9. The van der Waals surface area contributed by atoms with Crippen molar-refractivity contribution >= 4 is 23.4 Å². The van der Waals surface area contributed by atoms with Gasteiger partial charge in [0.15, 0.2) is 0 Å². The summed E-state index contributed by atoms with van der Waals surface area (Å²) in [5.74, 6) is 1.83. The van der Waals surface area contributed by atoms with Crippen molar-refractivity contribution in [3.63, 3.8) is 0 Å². The Morgan fingerprint density at radius 3 is 2.22 bits per heavy atom. The Morgan fingerprint density at radius 1 is 1.09 bits per heavy atom. The highest BCUT2D eigenvalue weighted by molar-refractivity contribution is 8.03. The van der Waals surface area contributed by atoms with Crippen LogP contribution in [0.4, 0.5) is 5.69 Å². The molecule has 1 amide bonds. The van der Waals surface area contributed by atoms with Crippen LogP contribution in [0.2, 0.25) is 0 Å². The second-order valence-electron chi connectivity index (χ2n) is 8.94. The summed E-state index contributed by atoms with van der Waals surface area (Å²) in [7, 11) is 2.11. The number of benzene rings is 1. The second kappa shape index (κ2) is 15.4. The van der Waals surface area contributed by atoms with Crippen molar-refractivity contribution < 1.29 is 4.79 Å². The molecule has 1 fully saturated rings. The standard InChI is InChI=1S/C26H42N2OS.C2H6/c1-7-18-30-26(28(6)23-16-14-19(3)15-17-23)24(21(5)20(4)8-2)25(29)27-22-12-10-9-11-13-22;1-2/h14-17,20-22H,7-13,18H2,1-6H3,(H,27,29);1-2H3/b26-24-;. The van der Waals surface area contributed by atoms with Gasteiger partial charge < -0.3 is 10.2 Å². The van der Waals surface area contributed by atoms with Crippen molar-refractivity contribution in [3.05, 3.63) is 40.4 Å². The molecule has 0 aromatic heterocycles. The van der Waals surface area contributed by atoms with E-state index in [4.69, 9.17) is 0 Å². The van der Waals surface area contributed by atoms with Crippen LogP contribution in [-0.2, 0) is 4.79 Å². The fourth-order valence-corrected chi connectivity index (χ4v) is 5.22. The van der Waals surface area contributed by atoms with Crippen LogP contribution < -0.4 is 10.2 Å². The zero-order valence-electron chi connectivity index (χ0n) is 22.0. The Balaban J connectivity index is 0.00000249. The minimum Gasteiger partial charge on any atom is -0.349 e. The normalized spacial score (nSPS) is 16.9. The van der Waals surface area contributed by atoms with Crippen LogP contribution in [0.15, 0.2) is 34.9 Å². The molecule has 2 unspecified atom stereocenters. The summed E-state index contributed by atoms with van der Waals surface area (Å²) in [5.41, 5.74) is 3.36. The minimum atomic E-state index is 0.146. The van der Waals surface area contributed by atoms with Crippen LogP contribution in [-0.4, -0.2) is 24.7 Å². The maximum Gasteiger partial charge on any atom is 0.250 e. The lowest BCUT2D eigenvalue weighted by molar-refractivity contribution is -0.119. The number of carbonyl (C=O) groups is 1. The number of hydrogen-bond donors (Lipinski definition) is 1. The first kappa shape index (κ1) is 28.6. The third kappa shape index (κ3) is 8.50. The molecule has 0 spiro atoms. The van der Waals surface area contributed by atoms with E-state index in [1.54, 1.807) is 0 Å². The molecule has 0 radical (unpaired) electrons. The molecule has 2 atom stereocenters. The molecular formula is C28H48N2OS. The van der Waals surface area contributed by atoms with Gasteiger partial charge in [-0.3, -0.25) is 4.79 Å². The number of hydrogen-bond acceptors (Lipinski definition) is 3. The predicted molar refractivity (Wildman–Crippen MR) is 144 cm³/mol. The van der Waals surface area contributed by atoms with Crippen molar-refractivity contribution in [1.29, 1.82) is 0 Å². The third-order valence-electron chi connectivity index (χ3n) is 6.54. The summed E-state index contributed by atoms with van der Waals surface area (Å²) >= 11 is 1.83. The summed E-state index contributed by atoms with van der Waals surface area (Å²) in [5, 5.41) is 4.53. The van der Waals surface area contributed by atoms with Gasteiger partial charge in [-0.1, -0.05) is 84.9 Å². The van der Waals surface area contributed by atoms with E-state index in [-0.39, 0.29) is 11.8 Å². The number of nitrogens with one attached hydrogen (secondary N) is 1. The predicted octanol–water partition coefficient (Wildman–Crippen LogP) is 7.94. The summed E-state index contributed by atoms with van der Waals surface area (Å²) in [4.78, 5) is 15.9. The monoisotopic (exact) mass is 460 g/mol. The summed E-state index contributed by atoms with van der Waals surface area (Å²) in [6, 6.07) is 8.94. The van der Waals surface area contributed by atoms with Gasteiger partial charge in [0.2, 0.25) is 5.91 Å². The summed E-state index contributed by atoms with van der Waals surface area (Å²) in [6.07, 6.45) is 8.14. The topological polar surface area (TPSA) is 32.3 Å². The first-order valence-electron chi connectivity index (χ1n) is 12.9. The van der Waals surface area contributed by atoms with E-state index in [1.807, 2.05) is 25.6 Å². The molecule has 3 nitrogen and oxygen atoms in total. The second-order valence-corrected chi connectivity index (χ2v) is 10.0. The fraction of sp³-hybridized carbons (Fsp3) is 0.679. The molecule has 0 aliphatic heterocycles. The smallest absolute Gasteiger partial charge is 0.250 e. The molecule has 1 aliphatic rings. The van der Waals surface area contributed by atoms with Gasteiger partial charge in [-0.2, -0.15) is 0 Å². The van der Waals surface area contributed by atoms with Gasteiger partial charge in [-0.25, -0.2) is 0 Å². The number of rotatable bonds is 10. The Hall–Kier alpha value is -1.42. The molecule has 1 saturated carbocycles. The highest BCUT2D eigenvalue weighted by atomic mass is 32.2.